The third-order valence-electron chi connectivity index (χ3n) is 1.86. The molecule has 0 amide bonds. The molecule has 0 aromatic carbocycles. The second-order valence-electron chi connectivity index (χ2n) is 2.68. The van der Waals surface area contributed by atoms with Crippen molar-refractivity contribution in [3.05, 3.63) is 14.9 Å². The zero-order chi connectivity index (χ0) is 8.10. The second kappa shape index (κ2) is 9.96. The Morgan fingerprint density at radius 3 is 2.08 bits per heavy atom. The van der Waals surface area contributed by atoms with Crippen LogP contribution in [0.4, 0.5) is 0 Å². The van der Waals surface area contributed by atoms with Crippen molar-refractivity contribution in [1.29, 1.82) is 0 Å². The first-order valence-corrected chi connectivity index (χ1v) is 10.2. The molecule has 1 aliphatic rings. The summed E-state index contributed by atoms with van der Waals surface area (Å²) in [4.78, 5) is 0. The van der Waals surface area contributed by atoms with Gasteiger partial charge in [0.05, 0.1) is 0 Å². The Morgan fingerprint density at radius 1 is 1.08 bits per heavy atom. The molecule has 1 aliphatic carbocycles. The fraction of sp³-hybridized carbons (Fsp3) is 0.667. The van der Waals surface area contributed by atoms with E-state index in [0.717, 1.165) is 5.25 Å². The number of thioether (sulfide) groups is 1. The molecule has 0 radical (unpaired) electrons. The van der Waals surface area contributed by atoms with Crippen molar-refractivity contribution < 1.29 is 13.5 Å². The Kier molecular flexibility index (Phi) is 12.9. The summed E-state index contributed by atoms with van der Waals surface area (Å²) in [6.45, 7) is 0. The van der Waals surface area contributed by atoms with Gasteiger partial charge in [-0.1, -0.05) is 0 Å². The minimum absolute atomic E-state index is 0. The molecule has 0 aromatic rings. The summed E-state index contributed by atoms with van der Waals surface area (Å²) in [6, 6.07) is 0. The van der Waals surface area contributed by atoms with Crippen LogP contribution in [0.5, 0.6) is 0 Å². The van der Waals surface area contributed by atoms with Gasteiger partial charge in [-0.3, -0.25) is 0 Å². The van der Waals surface area contributed by atoms with Gasteiger partial charge in [0.1, 0.15) is 0 Å². The number of halogens is 2. The maximum absolute atomic E-state index is 5.73. The molecule has 1 rings (SSSR count). The van der Waals surface area contributed by atoms with E-state index in [-0.39, 0.29) is 14.9 Å². The zero-order valence-corrected chi connectivity index (χ0v) is 12.3. The van der Waals surface area contributed by atoms with E-state index >= 15 is 0 Å². The van der Waals surface area contributed by atoms with Gasteiger partial charge in [-0.15, -0.1) is 0 Å². The van der Waals surface area contributed by atoms with Crippen LogP contribution in [0.3, 0.4) is 0 Å². The molecule has 0 N–H and O–H groups in total. The number of hydrogen-bond acceptors (Lipinski definition) is 1. The van der Waals surface area contributed by atoms with E-state index in [0.29, 0.717) is 0 Å². The Morgan fingerprint density at radius 2 is 1.62 bits per heavy atom. The molecule has 0 spiro atoms. The molecule has 0 atom stereocenters. The average molecular weight is 330 g/mol. The summed E-state index contributed by atoms with van der Waals surface area (Å²) in [5.74, 6) is 0. The molecule has 4 heteroatoms. The molecule has 1 saturated carbocycles. The van der Waals surface area contributed by atoms with E-state index in [2.05, 4.69) is 3.94 Å². The molecular formula is C9H18Cl2RuS-2. The Hall–Kier alpha value is 1.42. The minimum atomic E-state index is -1.50. The van der Waals surface area contributed by atoms with Gasteiger partial charge in [0, 0.05) is 0 Å². The van der Waals surface area contributed by atoms with Gasteiger partial charge in [0.2, 0.25) is 0 Å². The molecule has 0 aliphatic heterocycles. The van der Waals surface area contributed by atoms with E-state index in [1.807, 2.05) is 11.8 Å². The molecule has 0 aromatic heterocycles. The summed E-state index contributed by atoms with van der Waals surface area (Å²) in [5, 5.41) is 0.817. The molecule has 0 heterocycles. The van der Waals surface area contributed by atoms with E-state index in [1.54, 1.807) is 0 Å². The average Bonchev–Trinajstić information content (AvgIpc) is 2.03. The van der Waals surface area contributed by atoms with E-state index in [9.17, 15) is 0 Å². The van der Waals surface area contributed by atoms with Crippen molar-refractivity contribution in [1.82, 2.24) is 0 Å². The molecule has 13 heavy (non-hydrogen) atoms. The third-order valence-corrected chi connectivity index (χ3v) is 6.81. The van der Waals surface area contributed by atoms with E-state index in [1.165, 1.54) is 32.1 Å². The van der Waals surface area contributed by atoms with Gasteiger partial charge in [-0.05, 0) is 0 Å². The van der Waals surface area contributed by atoms with Crippen LogP contribution in [-0.2, 0) is 13.5 Å². The SMILES string of the molecule is [CH3-].[CH3-].[Cl][Ru]([Cl])=[CH]SC1CCCCC1. The fourth-order valence-corrected chi connectivity index (χ4v) is 4.95. The summed E-state index contributed by atoms with van der Waals surface area (Å²) >= 11 is 0.384. The fourth-order valence-electron chi connectivity index (χ4n) is 1.31. The first-order chi connectivity index (χ1) is 5.29. The maximum atomic E-state index is 5.73. The third kappa shape index (κ3) is 8.42. The molecule has 84 valence electrons. The Bertz CT molecular complexity index is 141. The Labute approximate surface area is 100 Å². The summed E-state index contributed by atoms with van der Waals surface area (Å²) in [5.41, 5.74) is 0. The van der Waals surface area contributed by atoms with Crippen LogP contribution in [0.2, 0.25) is 0 Å². The van der Waals surface area contributed by atoms with Crippen LogP contribution in [0.1, 0.15) is 32.1 Å². The van der Waals surface area contributed by atoms with Gasteiger partial charge in [0.25, 0.3) is 0 Å². The summed E-state index contributed by atoms with van der Waals surface area (Å²) < 4.78 is 2.07. The van der Waals surface area contributed by atoms with Crippen molar-refractivity contribution in [2.24, 2.45) is 0 Å². The molecular weight excluding hydrogens is 312 g/mol. The molecule has 0 unspecified atom stereocenters. The zero-order valence-electron chi connectivity index (χ0n) is 8.21. The van der Waals surface area contributed by atoms with Crippen LogP contribution in [0, 0.1) is 14.9 Å². The van der Waals surface area contributed by atoms with Gasteiger partial charge in [0.15, 0.2) is 0 Å². The molecule has 0 saturated heterocycles. The summed E-state index contributed by atoms with van der Waals surface area (Å²) in [6.07, 6.45) is 6.92. The van der Waals surface area contributed by atoms with Crippen LogP contribution in [0.15, 0.2) is 0 Å². The topological polar surface area (TPSA) is 0 Å². The first kappa shape index (κ1) is 16.8. The standard InChI is InChI=1S/C7H12S.2CH3.2ClH.Ru/c1-8-7-5-3-2-4-6-7;;;;;/h1,7H,2-6H2;2*1H3;2*1H;/q;2*-1;;;+2/p-2. The van der Waals surface area contributed by atoms with E-state index < -0.39 is 13.5 Å². The van der Waals surface area contributed by atoms with Crippen molar-refractivity contribution in [3.63, 3.8) is 0 Å². The van der Waals surface area contributed by atoms with Crippen LogP contribution in [0.25, 0.3) is 0 Å². The number of rotatable bonds is 2. The van der Waals surface area contributed by atoms with Crippen molar-refractivity contribution >= 4 is 35.1 Å². The van der Waals surface area contributed by atoms with Gasteiger partial charge < -0.3 is 14.9 Å². The molecule has 0 nitrogen and oxygen atoms in total. The summed E-state index contributed by atoms with van der Waals surface area (Å²) in [7, 11) is 11.5. The predicted octanol–water partition coefficient (Wildman–Crippen LogP) is 4.64. The molecule has 1 fully saturated rings. The van der Waals surface area contributed by atoms with Gasteiger partial charge >= 0.3 is 86.0 Å². The molecule has 0 bridgehead atoms. The van der Waals surface area contributed by atoms with Crippen LogP contribution < -0.4 is 0 Å². The van der Waals surface area contributed by atoms with Crippen molar-refractivity contribution in [2.75, 3.05) is 0 Å². The number of hydrogen-bond donors (Lipinski definition) is 0. The van der Waals surface area contributed by atoms with Gasteiger partial charge in [-0.2, -0.15) is 0 Å². The Balaban J connectivity index is 0. The van der Waals surface area contributed by atoms with Crippen molar-refractivity contribution in [2.45, 2.75) is 37.4 Å². The van der Waals surface area contributed by atoms with Crippen LogP contribution in [-0.4, -0.2) is 9.19 Å². The quantitative estimate of drug-likeness (QED) is 0.525. The predicted molar refractivity (Wildman–Crippen MR) is 65.1 cm³/mol. The van der Waals surface area contributed by atoms with E-state index in [4.69, 9.17) is 19.4 Å². The van der Waals surface area contributed by atoms with Crippen LogP contribution >= 0.6 is 31.1 Å². The van der Waals surface area contributed by atoms with Crippen molar-refractivity contribution in [3.8, 4) is 0 Å². The first-order valence-electron chi connectivity index (χ1n) is 3.76. The second-order valence-corrected chi connectivity index (χ2v) is 10.2. The monoisotopic (exact) mass is 330 g/mol. The van der Waals surface area contributed by atoms with Gasteiger partial charge in [-0.25, -0.2) is 0 Å². The normalized spacial score (nSPS) is 18.2.